The van der Waals surface area contributed by atoms with E-state index in [9.17, 15) is 4.79 Å². The third-order valence-corrected chi connectivity index (χ3v) is 2.71. The molecule has 3 nitrogen and oxygen atoms in total. The molecule has 0 bridgehead atoms. The molecule has 0 aliphatic carbocycles. The maximum absolute atomic E-state index is 11.5. The van der Waals surface area contributed by atoms with Gasteiger partial charge < -0.3 is 8.40 Å². The molecule has 78 valence electrons. The predicted octanol–water partition coefficient (Wildman–Crippen LogP) is 3.13. The highest BCUT2D eigenvalue weighted by molar-refractivity contribution is 9.06. The first-order valence-electron chi connectivity index (χ1n) is 4.68. The first kappa shape index (κ1) is 10.2. The Kier molecular flexibility index (Phi) is 2.77. The van der Waals surface area contributed by atoms with E-state index in [1.54, 1.807) is 6.07 Å². The molecule has 1 heterocycles. The molecule has 0 N–H and O–H groups in total. The Hall–Kier alpha value is -1.29. The number of aromatic nitrogens is 1. The van der Waals surface area contributed by atoms with Crippen molar-refractivity contribution in [2.75, 3.05) is 0 Å². The Morgan fingerprint density at radius 2 is 2.27 bits per heavy atom. The molecule has 0 saturated heterocycles. The average Bonchev–Trinajstić information content (AvgIpc) is 2.70. The average molecular weight is 268 g/mol. The van der Waals surface area contributed by atoms with Gasteiger partial charge in [-0.25, -0.2) is 4.79 Å². The van der Waals surface area contributed by atoms with Gasteiger partial charge in [0.2, 0.25) is 0 Å². The summed E-state index contributed by atoms with van der Waals surface area (Å²) >= 11 is 2.71. The fraction of sp³-hybridized carbons (Fsp3) is 0.182. The molecule has 0 fully saturated rings. The zero-order chi connectivity index (χ0) is 10.8. The number of fused-ring (bicyclic) bond motifs is 1. The number of hydrogen-bond acceptors (Lipinski definition) is 2. The van der Waals surface area contributed by atoms with Gasteiger partial charge in [-0.05, 0) is 19.1 Å². The molecule has 15 heavy (non-hydrogen) atoms. The minimum absolute atomic E-state index is 0.367. The molecule has 1 aromatic heterocycles. The normalized spacial score (nSPS) is 10.5. The number of hydrogen-bond donors (Lipinski definition) is 0. The van der Waals surface area contributed by atoms with Crippen LogP contribution >= 0.6 is 16.3 Å². The van der Waals surface area contributed by atoms with Crippen LogP contribution in [-0.4, -0.2) is 10.5 Å². The highest BCUT2D eigenvalue weighted by atomic mass is 79.9. The summed E-state index contributed by atoms with van der Waals surface area (Å²) in [7, 11) is 0. The number of rotatable bonds is 2. The molecule has 2 rings (SSSR count). The number of halogens is 1. The van der Waals surface area contributed by atoms with E-state index in [4.69, 9.17) is 0 Å². The second kappa shape index (κ2) is 4.06. The standard InChI is InChI=1S/C11H10BrNO2/c1-2-13-7-6-8-4-3-5-9(10(8)13)11(14)15-12/h3-7H,2H2,1H3. The van der Waals surface area contributed by atoms with Gasteiger partial charge in [0.05, 0.1) is 11.1 Å². The minimum Gasteiger partial charge on any atom is -0.380 e. The van der Waals surface area contributed by atoms with Gasteiger partial charge in [0, 0.05) is 18.1 Å². The first-order valence-corrected chi connectivity index (χ1v) is 5.33. The van der Waals surface area contributed by atoms with Crippen LogP contribution in [-0.2, 0) is 10.4 Å². The van der Waals surface area contributed by atoms with E-state index in [1.165, 1.54) is 0 Å². The Balaban J connectivity index is 2.72. The molecule has 0 radical (unpaired) electrons. The third-order valence-electron chi connectivity index (χ3n) is 2.42. The van der Waals surface area contributed by atoms with Crippen molar-refractivity contribution in [3.63, 3.8) is 0 Å². The largest absolute Gasteiger partial charge is 0.380 e. The van der Waals surface area contributed by atoms with Gasteiger partial charge in [-0.15, -0.1) is 0 Å². The number of carbonyl (C=O) groups excluding carboxylic acids is 1. The smallest absolute Gasteiger partial charge is 0.351 e. The maximum atomic E-state index is 11.5. The molecular formula is C11H10BrNO2. The van der Waals surface area contributed by atoms with Crippen LogP contribution in [0.1, 0.15) is 17.3 Å². The van der Waals surface area contributed by atoms with Gasteiger partial charge in [-0.1, -0.05) is 12.1 Å². The summed E-state index contributed by atoms with van der Waals surface area (Å²) < 4.78 is 6.60. The zero-order valence-electron chi connectivity index (χ0n) is 8.24. The molecule has 0 aliphatic heterocycles. The topological polar surface area (TPSA) is 31.2 Å². The van der Waals surface area contributed by atoms with E-state index >= 15 is 0 Å². The van der Waals surface area contributed by atoms with Crippen LogP contribution in [0.25, 0.3) is 10.9 Å². The lowest BCUT2D eigenvalue weighted by Gasteiger charge is -2.04. The third kappa shape index (κ3) is 1.65. The van der Waals surface area contributed by atoms with Crippen molar-refractivity contribution in [2.24, 2.45) is 0 Å². The van der Waals surface area contributed by atoms with Gasteiger partial charge in [0.15, 0.2) is 16.3 Å². The Bertz CT molecular complexity index is 504. The summed E-state index contributed by atoms with van der Waals surface area (Å²) in [5.41, 5.74) is 1.50. The van der Waals surface area contributed by atoms with E-state index < -0.39 is 0 Å². The fourth-order valence-corrected chi connectivity index (χ4v) is 1.91. The number of carbonyl (C=O) groups is 1. The fourth-order valence-electron chi connectivity index (χ4n) is 1.73. The van der Waals surface area contributed by atoms with Crippen LogP contribution in [0.2, 0.25) is 0 Å². The van der Waals surface area contributed by atoms with Crippen LogP contribution < -0.4 is 0 Å². The zero-order valence-corrected chi connectivity index (χ0v) is 9.82. The van der Waals surface area contributed by atoms with Crippen molar-refractivity contribution in [3.05, 3.63) is 36.0 Å². The van der Waals surface area contributed by atoms with Crippen molar-refractivity contribution >= 4 is 33.1 Å². The maximum Gasteiger partial charge on any atom is 0.351 e. The lowest BCUT2D eigenvalue weighted by Crippen LogP contribution is -2.02. The number of benzene rings is 1. The van der Waals surface area contributed by atoms with Crippen molar-refractivity contribution in [3.8, 4) is 0 Å². The highest BCUT2D eigenvalue weighted by Crippen LogP contribution is 2.21. The summed E-state index contributed by atoms with van der Waals surface area (Å²) in [4.78, 5) is 11.5. The summed E-state index contributed by atoms with van der Waals surface area (Å²) in [6.45, 7) is 2.87. The van der Waals surface area contributed by atoms with E-state index in [0.717, 1.165) is 17.4 Å². The van der Waals surface area contributed by atoms with Crippen molar-refractivity contribution in [1.82, 2.24) is 4.57 Å². The highest BCUT2D eigenvalue weighted by Gasteiger charge is 2.13. The van der Waals surface area contributed by atoms with Crippen molar-refractivity contribution in [2.45, 2.75) is 13.5 Å². The van der Waals surface area contributed by atoms with E-state index in [-0.39, 0.29) is 5.97 Å². The second-order valence-corrected chi connectivity index (χ2v) is 3.53. The van der Waals surface area contributed by atoms with Crippen molar-refractivity contribution in [1.29, 1.82) is 0 Å². The summed E-state index contributed by atoms with van der Waals surface area (Å²) in [5.74, 6) is -0.367. The van der Waals surface area contributed by atoms with Crippen LogP contribution in [0.3, 0.4) is 0 Å². The van der Waals surface area contributed by atoms with Gasteiger partial charge in [-0.2, -0.15) is 0 Å². The Morgan fingerprint density at radius 3 is 2.93 bits per heavy atom. The first-order chi connectivity index (χ1) is 7.27. The summed E-state index contributed by atoms with van der Waals surface area (Å²) in [6, 6.07) is 7.58. The van der Waals surface area contributed by atoms with Gasteiger partial charge >= 0.3 is 5.97 Å². The van der Waals surface area contributed by atoms with Crippen molar-refractivity contribution < 1.29 is 8.62 Å². The van der Waals surface area contributed by atoms with E-state index in [2.05, 4.69) is 20.1 Å². The molecule has 0 spiro atoms. The molecule has 4 heteroatoms. The molecule has 0 saturated carbocycles. The lowest BCUT2D eigenvalue weighted by molar-refractivity contribution is 0.0783. The van der Waals surface area contributed by atoms with Crippen LogP contribution in [0, 0.1) is 0 Å². The molecule has 0 unspecified atom stereocenters. The SMILES string of the molecule is CCn1ccc2cccc(C(=O)OBr)c21. The monoisotopic (exact) mass is 267 g/mol. The predicted molar refractivity (Wildman–Crippen MR) is 62.0 cm³/mol. The summed E-state index contributed by atoms with van der Waals surface area (Å²) in [5, 5.41) is 1.05. The molecule has 0 aliphatic rings. The number of para-hydroxylation sites is 1. The van der Waals surface area contributed by atoms with E-state index in [0.29, 0.717) is 5.56 Å². The molecule has 1 aromatic carbocycles. The Labute approximate surface area is 96.1 Å². The van der Waals surface area contributed by atoms with Gasteiger partial charge in [0.1, 0.15) is 0 Å². The lowest BCUT2D eigenvalue weighted by atomic mass is 10.1. The summed E-state index contributed by atoms with van der Waals surface area (Å²) in [6.07, 6.45) is 1.97. The number of nitrogens with zero attached hydrogens (tertiary/aromatic N) is 1. The van der Waals surface area contributed by atoms with Crippen LogP contribution in [0.15, 0.2) is 30.5 Å². The van der Waals surface area contributed by atoms with Crippen LogP contribution in [0.4, 0.5) is 0 Å². The minimum atomic E-state index is -0.367. The van der Waals surface area contributed by atoms with Gasteiger partial charge in [-0.3, -0.25) is 0 Å². The second-order valence-electron chi connectivity index (χ2n) is 3.21. The quantitative estimate of drug-likeness (QED) is 0.837. The van der Waals surface area contributed by atoms with E-state index in [1.807, 2.05) is 35.9 Å². The molecule has 2 aromatic rings. The molecular weight excluding hydrogens is 258 g/mol. The van der Waals surface area contributed by atoms with Crippen LogP contribution in [0.5, 0.6) is 0 Å². The molecule has 0 amide bonds. The molecule has 0 atom stereocenters. The Morgan fingerprint density at radius 1 is 1.47 bits per heavy atom. The number of aryl methyl sites for hydroxylation is 1. The van der Waals surface area contributed by atoms with Gasteiger partial charge in [0.25, 0.3) is 0 Å².